The van der Waals surface area contributed by atoms with Crippen LogP contribution < -0.4 is 0 Å². The van der Waals surface area contributed by atoms with Crippen LogP contribution in [0.2, 0.25) is 0 Å². The number of halogens is 1. The minimum Gasteiger partial charge on any atom is -0.113 e. The fourth-order valence-electron chi connectivity index (χ4n) is 2.93. The third-order valence-corrected chi connectivity index (χ3v) is 4.21. The van der Waals surface area contributed by atoms with Gasteiger partial charge in [0.15, 0.2) is 0 Å². The van der Waals surface area contributed by atoms with Gasteiger partial charge in [0, 0.05) is 0 Å². The van der Waals surface area contributed by atoms with Crippen LogP contribution in [0, 0.1) is 5.92 Å². The van der Waals surface area contributed by atoms with Gasteiger partial charge in [-0.3, -0.25) is 0 Å². The average molecular weight is 207 g/mol. The van der Waals surface area contributed by atoms with Gasteiger partial charge >= 0.3 is 0 Å². The molecule has 1 atom stereocenters. The molecule has 14 heavy (non-hydrogen) atoms. The quantitative estimate of drug-likeness (QED) is 0.570. The van der Waals surface area contributed by atoms with E-state index in [1.165, 1.54) is 43.3 Å². The molecule has 0 nitrogen and oxygen atoms in total. The number of hydrogen-bond acceptors (Lipinski definition) is 0. The third kappa shape index (κ3) is 1.20. The van der Waals surface area contributed by atoms with E-state index in [9.17, 15) is 0 Å². The standard InChI is InChI=1S/C13H15Cl/c14-13-10-6-7-11(13)12(8-10)9-4-2-1-3-5-9/h6-9,13H,1-5H2. The first-order valence-corrected chi connectivity index (χ1v) is 6.08. The molecule has 0 heterocycles. The minimum atomic E-state index is 0.187. The highest BCUT2D eigenvalue weighted by Gasteiger charge is 2.31. The first-order chi connectivity index (χ1) is 6.86. The van der Waals surface area contributed by atoms with E-state index in [0.29, 0.717) is 0 Å². The molecule has 0 aromatic rings. The molecule has 1 unspecified atom stereocenters. The number of alkyl halides is 1. The highest BCUT2D eigenvalue weighted by Crippen LogP contribution is 2.43. The maximum Gasteiger partial charge on any atom is 0.0838 e. The Morgan fingerprint density at radius 2 is 1.79 bits per heavy atom. The highest BCUT2D eigenvalue weighted by molar-refractivity contribution is 6.26. The normalized spacial score (nSPS) is 31.5. The molecule has 0 N–H and O–H groups in total. The molecule has 0 aromatic carbocycles. The second-order valence-electron chi connectivity index (χ2n) is 4.59. The molecule has 1 fully saturated rings. The van der Waals surface area contributed by atoms with Crippen molar-refractivity contribution in [1.29, 1.82) is 0 Å². The van der Waals surface area contributed by atoms with E-state index in [1.54, 1.807) is 5.57 Å². The molecule has 74 valence electrons. The third-order valence-electron chi connectivity index (χ3n) is 3.72. The van der Waals surface area contributed by atoms with Gasteiger partial charge in [-0.15, -0.1) is 11.6 Å². The van der Waals surface area contributed by atoms with Gasteiger partial charge in [-0.2, -0.15) is 0 Å². The Morgan fingerprint density at radius 1 is 1.00 bits per heavy atom. The Labute approximate surface area is 90.3 Å². The molecule has 0 saturated heterocycles. The molecule has 0 aromatic heterocycles. The van der Waals surface area contributed by atoms with E-state index in [0.717, 1.165) is 5.92 Å². The van der Waals surface area contributed by atoms with Gasteiger partial charge in [0.2, 0.25) is 0 Å². The smallest absolute Gasteiger partial charge is 0.0838 e. The Balaban J connectivity index is 1.89. The summed E-state index contributed by atoms with van der Waals surface area (Å²) in [5, 5.41) is 0.187. The number of allylic oxidation sites excluding steroid dienone is 6. The van der Waals surface area contributed by atoms with E-state index in [1.807, 2.05) is 0 Å². The van der Waals surface area contributed by atoms with Gasteiger partial charge in [0.05, 0.1) is 5.38 Å². The molecule has 2 bridgehead atoms. The van der Waals surface area contributed by atoms with Crippen LogP contribution in [-0.2, 0) is 0 Å². The SMILES string of the molecule is ClC1C2=CC(C3CCCCC3)=C1C=C2. The van der Waals surface area contributed by atoms with Crippen molar-refractivity contribution in [3.05, 3.63) is 34.9 Å². The van der Waals surface area contributed by atoms with Crippen molar-refractivity contribution in [3.8, 4) is 0 Å². The Morgan fingerprint density at radius 3 is 2.36 bits per heavy atom. The average Bonchev–Trinajstić information content (AvgIpc) is 2.76. The minimum absolute atomic E-state index is 0.187. The van der Waals surface area contributed by atoms with Crippen molar-refractivity contribution in [2.75, 3.05) is 0 Å². The van der Waals surface area contributed by atoms with Crippen LogP contribution in [0.4, 0.5) is 0 Å². The van der Waals surface area contributed by atoms with Crippen molar-refractivity contribution in [2.45, 2.75) is 37.5 Å². The summed E-state index contributed by atoms with van der Waals surface area (Å²) in [5.41, 5.74) is 4.28. The zero-order valence-electron chi connectivity index (χ0n) is 8.30. The molecule has 0 aliphatic heterocycles. The first-order valence-electron chi connectivity index (χ1n) is 5.64. The van der Waals surface area contributed by atoms with Crippen LogP contribution in [0.1, 0.15) is 32.1 Å². The summed E-state index contributed by atoms with van der Waals surface area (Å²) in [7, 11) is 0. The van der Waals surface area contributed by atoms with Crippen molar-refractivity contribution >= 4 is 11.6 Å². The van der Waals surface area contributed by atoms with Crippen LogP contribution in [0.5, 0.6) is 0 Å². The molecule has 0 spiro atoms. The lowest BCUT2D eigenvalue weighted by molar-refractivity contribution is 0.407. The maximum absolute atomic E-state index is 6.30. The van der Waals surface area contributed by atoms with Crippen LogP contribution in [0.15, 0.2) is 34.9 Å². The lowest BCUT2D eigenvalue weighted by atomic mass is 9.82. The fraction of sp³-hybridized carbons (Fsp3) is 0.538. The summed E-state index contributed by atoms with van der Waals surface area (Å²) >= 11 is 6.30. The molecule has 0 amide bonds. The Kier molecular flexibility index (Phi) is 2.05. The zero-order valence-corrected chi connectivity index (χ0v) is 9.06. The molecular weight excluding hydrogens is 192 g/mol. The predicted octanol–water partition coefficient (Wildman–Crippen LogP) is 3.98. The Hall–Kier alpha value is -0.490. The summed E-state index contributed by atoms with van der Waals surface area (Å²) in [5.74, 6) is 0.808. The van der Waals surface area contributed by atoms with Gasteiger partial charge < -0.3 is 0 Å². The van der Waals surface area contributed by atoms with Crippen molar-refractivity contribution in [2.24, 2.45) is 5.92 Å². The van der Waals surface area contributed by atoms with Gasteiger partial charge in [-0.05, 0) is 35.5 Å². The summed E-state index contributed by atoms with van der Waals surface area (Å²) in [6.07, 6.45) is 13.7. The van der Waals surface area contributed by atoms with E-state index in [4.69, 9.17) is 11.6 Å². The second kappa shape index (κ2) is 3.27. The molecule has 3 aliphatic carbocycles. The van der Waals surface area contributed by atoms with E-state index in [2.05, 4.69) is 18.2 Å². The second-order valence-corrected chi connectivity index (χ2v) is 5.02. The lowest BCUT2D eigenvalue weighted by Gasteiger charge is -2.23. The van der Waals surface area contributed by atoms with Gasteiger partial charge in [0.1, 0.15) is 0 Å². The van der Waals surface area contributed by atoms with Crippen LogP contribution in [0.3, 0.4) is 0 Å². The van der Waals surface area contributed by atoms with Gasteiger partial charge in [-0.1, -0.05) is 37.5 Å². The molecule has 3 rings (SSSR count). The summed E-state index contributed by atoms with van der Waals surface area (Å²) < 4.78 is 0. The summed E-state index contributed by atoms with van der Waals surface area (Å²) in [6.45, 7) is 0. The summed E-state index contributed by atoms with van der Waals surface area (Å²) in [4.78, 5) is 0. The van der Waals surface area contributed by atoms with Crippen LogP contribution in [0.25, 0.3) is 0 Å². The maximum atomic E-state index is 6.30. The van der Waals surface area contributed by atoms with Gasteiger partial charge in [0.25, 0.3) is 0 Å². The molecule has 0 radical (unpaired) electrons. The highest BCUT2D eigenvalue weighted by atomic mass is 35.5. The van der Waals surface area contributed by atoms with E-state index >= 15 is 0 Å². The van der Waals surface area contributed by atoms with Crippen molar-refractivity contribution in [1.82, 2.24) is 0 Å². The monoisotopic (exact) mass is 206 g/mol. The summed E-state index contributed by atoms with van der Waals surface area (Å²) in [6, 6.07) is 0. The molecule has 3 aliphatic rings. The van der Waals surface area contributed by atoms with Crippen LogP contribution in [-0.4, -0.2) is 5.38 Å². The van der Waals surface area contributed by atoms with Crippen LogP contribution >= 0.6 is 11.6 Å². The first kappa shape index (κ1) is 8.79. The van der Waals surface area contributed by atoms with Gasteiger partial charge in [-0.25, -0.2) is 0 Å². The lowest BCUT2D eigenvalue weighted by Crippen LogP contribution is -2.09. The number of hydrogen-bond donors (Lipinski definition) is 0. The Bertz CT molecular complexity index is 340. The fourth-order valence-corrected chi connectivity index (χ4v) is 3.26. The van der Waals surface area contributed by atoms with E-state index < -0.39 is 0 Å². The number of fused-ring (bicyclic) bond motifs is 2. The molecular formula is C13H15Cl. The topological polar surface area (TPSA) is 0 Å². The zero-order chi connectivity index (χ0) is 9.54. The number of rotatable bonds is 1. The molecule has 1 heteroatoms. The van der Waals surface area contributed by atoms with Crippen molar-refractivity contribution in [3.63, 3.8) is 0 Å². The molecule has 1 saturated carbocycles. The largest absolute Gasteiger partial charge is 0.113 e. The van der Waals surface area contributed by atoms with E-state index in [-0.39, 0.29) is 5.38 Å². The predicted molar refractivity (Wildman–Crippen MR) is 60.5 cm³/mol. The van der Waals surface area contributed by atoms with Crippen molar-refractivity contribution < 1.29 is 0 Å².